The molecule has 0 saturated carbocycles. The van der Waals surface area contributed by atoms with Gasteiger partial charge in [0.15, 0.2) is 0 Å². The summed E-state index contributed by atoms with van der Waals surface area (Å²) in [6.45, 7) is 15.0. The zero-order valence-corrected chi connectivity index (χ0v) is 14.3. The Balaban J connectivity index is 2.53. The average Bonchev–Trinajstić information content (AvgIpc) is 2.37. The van der Waals surface area contributed by atoms with Crippen LogP contribution in [0.5, 0.6) is 5.75 Å². The highest BCUT2D eigenvalue weighted by Crippen LogP contribution is 2.24. The van der Waals surface area contributed by atoms with E-state index >= 15 is 0 Å². The van der Waals surface area contributed by atoms with Gasteiger partial charge in [0, 0.05) is 5.57 Å². The number of esters is 1. The molecule has 0 bridgehead atoms. The molecule has 1 aromatic rings. The predicted octanol–water partition coefficient (Wildman–Crippen LogP) is 4.19. The number of carbonyl (C=O) groups excluding carboxylic acids is 1. The summed E-state index contributed by atoms with van der Waals surface area (Å²) in [5.41, 5.74) is 1.67. The van der Waals surface area contributed by atoms with Crippen LogP contribution in [0.3, 0.4) is 0 Å². The first kappa shape index (κ1) is 18.2. The Morgan fingerprint density at radius 3 is 2.09 bits per heavy atom. The minimum absolute atomic E-state index is 0.103. The van der Waals surface area contributed by atoms with Gasteiger partial charge in [-0.15, -0.1) is 0 Å². The first-order chi connectivity index (χ1) is 10.1. The van der Waals surface area contributed by atoms with Gasteiger partial charge in [-0.1, -0.05) is 39.5 Å². The number of hydrogen-bond donors (Lipinski definition) is 0. The molecule has 22 heavy (non-hydrogen) atoms. The molecule has 0 saturated heterocycles. The Bertz CT molecular complexity index is 511. The Hall–Kier alpha value is -1.81. The van der Waals surface area contributed by atoms with Crippen LogP contribution in [0.25, 0.3) is 0 Å². The second-order valence-electron chi connectivity index (χ2n) is 6.35. The lowest BCUT2D eigenvalue weighted by Gasteiger charge is -2.22. The molecule has 0 aliphatic rings. The van der Waals surface area contributed by atoms with Gasteiger partial charge in [0.05, 0.1) is 0 Å². The molecule has 0 heterocycles. The van der Waals surface area contributed by atoms with Crippen molar-refractivity contribution >= 4 is 5.97 Å². The molecule has 0 N–H and O–H groups in total. The molecule has 0 fully saturated rings. The average molecular weight is 306 g/mol. The topological polar surface area (TPSA) is 44.8 Å². The van der Waals surface area contributed by atoms with Crippen LogP contribution in [-0.4, -0.2) is 18.5 Å². The number of carbonyl (C=O) groups is 1. The standard InChI is InChI=1S/C18H26O4/c1-12(2)17(19)22-14(4)20-13(3)21-16-10-8-15(9-11-16)18(5,6)7/h8-11,13-14H,1H2,2-7H3. The van der Waals surface area contributed by atoms with Crippen LogP contribution >= 0.6 is 0 Å². The van der Waals surface area contributed by atoms with E-state index in [0.29, 0.717) is 11.3 Å². The summed E-state index contributed by atoms with van der Waals surface area (Å²) in [4.78, 5) is 11.4. The molecule has 0 amide bonds. The summed E-state index contributed by atoms with van der Waals surface area (Å²) in [5.74, 6) is 0.230. The third kappa shape index (κ3) is 5.90. The molecule has 2 atom stereocenters. The van der Waals surface area contributed by atoms with Crippen LogP contribution in [0.15, 0.2) is 36.4 Å². The molecule has 4 heteroatoms. The highest BCUT2D eigenvalue weighted by molar-refractivity contribution is 5.86. The van der Waals surface area contributed by atoms with Gasteiger partial charge in [0.1, 0.15) is 5.75 Å². The van der Waals surface area contributed by atoms with E-state index in [-0.39, 0.29) is 5.41 Å². The fourth-order valence-electron chi connectivity index (χ4n) is 1.80. The molecule has 0 aliphatic heterocycles. The van der Waals surface area contributed by atoms with Crippen LogP contribution in [0.4, 0.5) is 0 Å². The largest absolute Gasteiger partial charge is 0.465 e. The third-order valence-electron chi connectivity index (χ3n) is 3.03. The van der Waals surface area contributed by atoms with Crippen molar-refractivity contribution in [3.8, 4) is 5.75 Å². The zero-order chi connectivity index (χ0) is 16.9. The molecule has 0 aromatic heterocycles. The van der Waals surface area contributed by atoms with Crippen molar-refractivity contribution in [3.63, 3.8) is 0 Å². The van der Waals surface area contributed by atoms with Gasteiger partial charge < -0.3 is 14.2 Å². The predicted molar refractivity (Wildman–Crippen MR) is 86.7 cm³/mol. The van der Waals surface area contributed by atoms with E-state index in [9.17, 15) is 4.79 Å². The van der Waals surface area contributed by atoms with Crippen molar-refractivity contribution in [2.24, 2.45) is 0 Å². The van der Waals surface area contributed by atoms with Gasteiger partial charge in [-0.05, 0) is 43.9 Å². The molecular weight excluding hydrogens is 280 g/mol. The lowest BCUT2D eigenvalue weighted by molar-refractivity contribution is -0.205. The molecule has 0 radical (unpaired) electrons. The normalized spacial score (nSPS) is 14.1. The van der Waals surface area contributed by atoms with Gasteiger partial charge in [0.2, 0.25) is 12.6 Å². The molecule has 1 rings (SSSR count). The van der Waals surface area contributed by atoms with E-state index in [4.69, 9.17) is 14.2 Å². The van der Waals surface area contributed by atoms with Gasteiger partial charge in [0.25, 0.3) is 0 Å². The minimum Gasteiger partial charge on any atom is -0.465 e. The summed E-state index contributed by atoms with van der Waals surface area (Å²) < 4.78 is 16.2. The first-order valence-corrected chi connectivity index (χ1v) is 7.38. The maximum atomic E-state index is 11.4. The van der Waals surface area contributed by atoms with Crippen molar-refractivity contribution in [2.75, 3.05) is 0 Å². The highest BCUT2D eigenvalue weighted by Gasteiger charge is 2.16. The summed E-state index contributed by atoms with van der Waals surface area (Å²) in [6.07, 6.45) is -1.23. The van der Waals surface area contributed by atoms with Gasteiger partial charge >= 0.3 is 5.97 Å². The molecule has 1 aromatic carbocycles. The number of hydrogen-bond acceptors (Lipinski definition) is 4. The van der Waals surface area contributed by atoms with Crippen LogP contribution in [0, 0.1) is 0 Å². The Labute approximate surface area is 133 Å². The van der Waals surface area contributed by atoms with E-state index in [0.717, 1.165) is 0 Å². The second kappa shape index (κ2) is 7.45. The van der Waals surface area contributed by atoms with Crippen LogP contribution in [-0.2, 0) is 19.7 Å². The molecule has 4 nitrogen and oxygen atoms in total. The minimum atomic E-state index is -0.701. The summed E-state index contributed by atoms with van der Waals surface area (Å²) in [6, 6.07) is 7.88. The van der Waals surface area contributed by atoms with Crippen molar-refractivity contribution in [1.82, 2.24) is 0 Å². The van der Waals surface area contributed by atoms with Crippen molar-refractivity contribution in [1.29, 1.82) is 0 Å². The maximum Gasteiger partial charge on any atom is 0.335 e. The fraction of sp³-hybridized carbons (Fsp3) is 0.500. The molecule has 0 spiro atoms. The SMILES string of the molecule is C=C(C)C(=O)OC(C)OC(C)Oc1ccc(C(C)(C)C)cc1. The number of benzene rings is 1. The second-order valence-corrected chi connectivity index (χ2v) is 6.35. The van der Waals surface area contributed by atoms with Crippen molar-refractivity contribution < 1.29 is 19.0 Å². The molecule has 122 valence electrons. The fourth-order valence-corrected chi connectivity index (χ4v) is 1.80. The molecule has 0 aliphatic carbocycles. The lowest BCUT2D eigenvalue weighted by atomic mass is 9.87. The molecular formula is C18H26O4. The van der Waals surface area contributed by atoms with E-state index < -0.39 is 18.5 Å². The van der Waals surface area contributed by atoms with Crippen molar-refractivity contribution in [3.05, 3.63) is 42.0 Å². The Morgan fingerprint density at radius 1 is 1.09 bits per heavy atom. The number of ether oxygens (including phenoxy) is 3. The van der Waals surface area contributed by atoms with Crippen LogP contribution in [0.2, 0.25) is 0 Å². The van der Waals surface area contributed by atoms with Gasteiger partial charge in [-0.3, -0.25) is 0 Å². The number of rotatable bonds is 6. The van der Waals surface area contributed by atoms with E-state index in [1.54, 1.807) is 20.8 Å². The Kier molecular flexibility index (Phi) is 6.18. The van der Waals surface area contributed by atoms with Gasteiger partial charge in [-0.25, -0.2) is 4.79 Å². The third-order valence-corrected chi connectivity index (χ3v) is 3.03. The van der Waals surface area contributed by atoms with E-state index in [1.807, 2.05) is 24.3 Å². The smallest absolute Gasteiger partial charge is 0.335 e. The highest BCUT2D eigenvalue weighted by atomic mass is 16.8. The maximum absolute atomic E-state index is 11.4. The van der Waals surface area contributed by atoms with E-state index in [1.165, 1.54) is 5.56 Å². The monoisotopic (exact) mass is 306 g/mol. The summed E-state index contributed by atoms with van der Waals surface area (Å²) in [5, 5.41) is 0. The summed E-state index contributed by atoms with van der Waals surface area (Å²) >= 11 is 0. The first-order valence-electron chi connectivity index (χ1n) is 7.38. The van der Waals surface area contributed by atoms with Crippen molar-refractivity contribution in [2.45, 2.75) is 59.5 Å². The van der Waals surface area contributed by atoms with Gasteiger partial charge in [-0.2, -0.15) is 0 Å². The van der Waals surface area contributed by atoms with E-state index in [2.05, 4.69) is 27.4 Å². The Morgan fingerprint density at radius 2 is 1.64 bits per heavy atom. The summed E-state index contributed by atoms with van der Waals surface area (Å²) in [7, 11) is 0. The zero-order valence-electron chi connectivity index (χ0n) is 14.3. The lowest BCUT2D eigenvalue weighted by Crippen LogP contribution is -2.26. The van der Waals surface area contributed by atoms with Crippen LogP contribution in [0.1, 0.15) is 47.1 Å². The molecule has 2 unspecified atom stereocenters. The quantitative estimate of drug-likeness (QED) is 0.449. The van der Waals surface area contributed by atoms with Crippen LogP contribution < -0.4 is 4.74 Å².